The highest BCUT2D eigenvalue weighted by atomic mass is 16.1. The summed E-state index contributed by atoms with van der Waals surface area (Å²) in [6.45, 7) is 2.62. The maximum Gasteiger partial charge on any atom is 0.257 e. The molecule has 5 rings (SSSR count). The maximum absolute atomic E-state index is 13.3. The van der Waals surface area contributed by atoms with Crippen LogP contribution in [-0.2, 0) is 0 Å². The maximum atomic E-state index is 13.3. The predicted molar refractivity (Wildman–Crippen MR) is 129 cm³/mol. The Balaban J connectivity index is 1.57. The normalized spacial score (nSPS) is 14.0. The van der Waals surface area contributed by atoms with Crippen molar-refractivity contribution in [1.29, 1.82) is 0 Å². The van der Waals surface area contributed by atoms with Gasteiger partial charge >= 0.3 is 0 Å². The van der Waals surface area contributed by atoms with Crippen LogP contribution in [0.1, 0.15) is 48.0 Å². The quantitative estimate of drug-likeness (QED) is 0.436. The number of aromatic nitrogens is 3. The molecule has 32 heavy (non-hydrogen) atoms. The van der Waals surface area contributed by atoms with E-state index in [4.69, 9.17) is 15.7 Å². The molecule has 2 aromatic heterocycles. The summed E-state index contributed by atoms with van der Waals surface area (Å²) in [6, 6.07) is 15.7. The van der Waals surface area contributed by atoms with Crippen molar-refractivity contribution in [2.24, 2.45) is 0 Å². The van der Waals surface area contributed by atoms with Gasteiger partial charge in [-0.2, -0.15) is 0 Å². The van der Waals surface area contributed by atoms with Gasteiger partial charge in [0.2, 0.25) is 0 Å². The van der Waals surface area contributed by atoms with Gasteiger partial charge in [0.15, 0.2) is 5.65 Å². The van der Waals surface area contributed by atoms with Gasteiger partial charge < -0.3 is 11.1 Å². The van der Waals surface area contributed by atoms with E-state index in [2.05, 4.69) is 11.4 Å². The van der Waals surface area contributed by atoms with Crippen LogP contribution in [0.4, 0.5) is 5.82 Å². The van der Waals surface area contributed by atoms with Crippen molar-refractivity contribution >= 4 is 33.9 Å². The second-order valence-corrected chi connectivity index (χ2v) is 8.43. The standard InChI is InChI=1S/C26H27N5O/c1-17-11-13-19(14-12-17)31-24(27)22(26(32)28-16-15-18-7-3-2-4-8-18)23-25(31)30-21-10-6-5-9-20(21)29-23/h5-7,9-14H,2-4,8,15-16,27H2,1H3,(H,28,32). The number of para-hydroxylation sites is 2. The molecule has 0 unspecified atom stereocenters. The van der Waals surface area contributed by atoms with E-state index in [9.17, 15) is 4.79 Å². The van der Waals surface area contributed by atoms with Gasteiger partial charge in [0.05, 0.1) is 11.0 Å². The van der Waals surface area contributed by atoms with Crippen molar-refractivity contribution in [2.45, 2.75) is 39.0 Å². The number of allylic oxidation sites excluding steroid dienone is 1. The molecule has 1 amide bonds. The minimum Gasteiger partial charge on any atom is -0.384 e. The molecule has 4 aromatic rings. The molecule has 6 heteroatoms. The summed E-state index contributed by atoms with van der Waals surface area (Å²) in [5.74, 6) is 0.146. The van der Waals surface area contributed by atoms with E-state index in [1.54, 1.807) is 0 Å². The fourth-order valence-electron chi connectivity index (χ4n) is 4.40. The zero-order valence-corrected chi connectivity index (χ0v) is 18.3. The number of nitrogen functional groups attached to an aromatic ring is 1. The molecule has 0 aliphatic heterocycles. The zero-order chi connectivity index (χ0) is 22.1. The number of nitrogens with zero attached hydrogens (tertiary/aromatic N) is 3. The second kappa shape index (κ2) is 8.46. The first-order valence-corrected chi connectivity index (χ1v) is 11.2. The molecule has 2 aromatic carbocycles. The monoisotopic (exact) mass is 425 g/mol. The van der Waals surface area contributed by atoms with E-state index >= 15 is 0 Å². The highest BCUT2D eigenvalue weighted by Gasteiger charge is 2.24. The van der Waals surface area contributed by atoms with Crippen molar-refractivity contribution < 1.29 is 4.79 Å². The lowest BCUT2D eigenvalue weighted by molar-refractivity contribution is 0.0956. The minimum atomic E-state index is -0.209. The summed E-state index contributed by atoms with van der Waals surface area (Å²) in [5, 5.41) is 3.06. The number of anilines is 1. The number of hydrogen-bond donors (Lipinski definition) is 2. The molecule has 0 spiro atoms. The van der Waals surface area contributed by atoms with Gasteiger partial charge in [-0.15, -0.1) is 0 Å². The molecule has 6 nitrogen and oxygen atoms in total. The fourth-order valence-corrected chi connectivity index (χ4v) is 4.40. The van der Waals surface area contributed by atoms with Gasteiger partial charge in [-0.1, -0.05) is 41.5 Å². The smallest absolute Gasteiger partial charge is 0.257 e. The Morgan fingerprint density at radius 2 is 1.81 bits per heavy atom. The number of nitrogens with two attached hydrogens (primary N) is 1. The van der Waals surface area contributed by atoms with Crippen LogP contribution in [0.5, 0.6) is 0 Å². The van der Waals surface area contributed by atoms with Crippen LogP contribution in [0.25, 0.3) is 27.9 Å². The zero-order valence-electron chi connectivity index (χ0n) is 18.3. The molecule has 1 aliphatic carbocycles. The molecule has 3 N–H and O–H groups in total. The number of hydrogen-bond acceptors (Lipinski definition) is 4. The first kappa shape index (κ1) is 20.2. The van der Waals surface area contributed by atoms with Crippen molar-refractivity contribution in [3.05, 3.63) is 71.3 Å². The number of aryl methyl sites for hydroxylation is 1. The third-order valence-corrected chi connectivity index (χ3v) is 6.13. The SMILES string of the molecule is Cc1ccc(-n2c(N)c(C(=O)NCCC3=CCCCC3)c3nc4ccccc4nc32)cc1. The Labute approximate surface area is 187 Å². The third-order valence-electron chi connectivity index (χ3n) is 6.13. The van der Waals surface area contributed by atoms with E-state index in [0.29, 0.717) is 29.1 Å². The Bertz CT molecular complexity index is 1330. The van der Waals surface area contributed by atoms with Crippen molar-refractivity contribution in [1.82, 2.24) is 19.9 Å². The van der Waals surface area contributed by atoms with E-state index in [1.165, 1.54) is 18.4 Å². The van der Waals surface area contributed by atoms with Crippen LogP contribution in [0.3, 0.4) is 0 Å². The molecule has 0 saturated heterocycles. The first-order valence-electron chi connectivity index (χ1n) is 11.2. The number of rotatable bonds is 5. The third kappa shape index (κ3) is 3.73. The summed E-state index contributed by atoms with van der Waals surface area (Å²) in [4.78, 5) is 22.9. The Kier molecular flexibility index (Phi) is 5.35. The lowest BCUT2D eigenvalue weighted by atomic mass is 9.97. The molecule has 0 fully saturated rings. The molecular formula is C26H27N5O. The number of benzene rings is 2. The summed E-state index contributed by atoms with van der Waals surface area (Å²) >= 11 is 0. The molecular weight excluding hydrogens is 398 g/mol. The molecule has 0 saturated carbocycles. The van der Waals surface area contributed by atoms with Crippen molar-refractivity contribution in [3.8, 4) is 5.69 Å². The summed E-state index contributed by atoms with van der Waals surface area (Å²) in [5.41, 5.74) is 13.0. The Morgan fingerprint density at radius 3 is 2.53 bits per heavy atom. The fraction of sp³-hybridized carbons (Fsp3) is 0.269. The highest BCUT2D eigenvalue weighted by Crippen LogP contribution is 2.31. The second-order valence-electron chi connectivity index (χ2n) is 8.43. The summed E-state index contributed by atoms with van der Waals surface area (Å²) < 4.78 is 1.83. The van der Waals surface area contributed by atoms with Gasteiger partial charge in [0.25, 0.3) is 5.91 Å². The molecule has 0 radical (unpaired) electrons. The van der Waals surface area contributed by atoms with Crippen LogP contribution >= 0.6 is 0 Å². The van der Waals surface area contributed by atoms with Crippen LogP contribution < -0.4 is 11.1 Å². The highest BCUT2D eigenvalue weighted by molar-refractivity contribution is 6.11. The van der Waals surface area contributed by atoms with Crippen LogP contribution in [0, 0.1) is 6.92 Å². The number of carbonyl (C=O) groups is 1. The van der Waals surface area contributed by atoms with E-state index in [1.807, 2.05) is 60.0 Å². The number of amides is 1. The molecule has 0 atom stereocenters. The lowest BCUT2D eigenvalue weighted by Gasteiger charge is -2.13. The van der Waals surface area contributed by atoms with Crippen LogP contribution in [-0.4, -0.2) is 27.0 Å². The average molecular weight is 426 g/mol. The summed E-state index contributed by atoms with van der Waals surface area (Å²) in [6.07, 6.45) is 7.95. The van der Waals surface area contributed by atoms with Gasteiger partial charge in [0.1, 0.15) is 16.9 Å². The predicted octanol–water partition coefficient (Wildman–Crippen LogP) is 5.08. The van der Waals surface area contributed by atoms with Crippen LogP contribution in [0.2, 0.25) is 0 Å². The van der Waals surface area contributed by atoms with Crippen molar-refractivity contribution in [3.63, 3.8) is 0 Å². The Hall–Kier alpha value is -3.67. The molecule has 0 bridgehead atoms. The number of fused-ring (bicyclic) bond motifs is 2. The molecule has 1 aliphatic rings. The topological polar surface area (TPSA) is 85.8 Å². The van der Waals surface area contributed by atoms with Gasteiger partial charge in [-0.3, -0.25) is 9.36 Å². The van der Waals surface area contributed by atoms with Gasteiger partial charge in [0, 0.05) is 12.2 Å². The van der Waals surface area contributed by atoms with Gasteiger partial charge in [-0.25, -0.2) is 9.97 Å². The number of carbonyl (C=O) groups excluding carboxylic acids is 1. The van der Waals surface area contributed by atoms with Gasteiger partial charge in [-0.05, 0) is 63.3 Å². The minimum absolute atomic E-state index is 0.209. The molecule has 2 heterocycles. The average Bonchev–Trinajstić information content (AvgIpc) is 3.09. The van der Waals surface area contributed by atoms with E-state index in [-0.39, 0.29) is 5.91 Å². The largest absolute Gasteiger partial charge is 0.384 e. The van der Waals surface area contributed by atoms with E-state index in [0.717, 1.165) is 41.5 Å². The van der Waals surface area contributed by atoms with E-state index < -0.39 is 0 Å². The van der Waals surface area contributed by atoms with Crippen molar-refractivity contribution in [2.75, 3.05) is 12.3 Å². The first-order chi connectivity index (χ1) is 15.6. The summed E-state index contributed by atoms with van der Waals surface area (Å²) in [7, 11) is 0. The molecule has 162 valence electrons. The van der Waals surface area contributed by atoms with Crippen LogP contribution in [0.15, 0.2) is 60.2 Å². The Morgan fingerprint density at radius 1 is 1.06 bits per heavy atom. The number of nitrogens with one attached hydrogen (secondary N) is 1. The lowest BCUT2D eigenvalue weighted by Crippen LogP contribution is -2.26.